The molecule has 0 aliphatic heterocycles. The molecule has 0 heterocycles. The zero-order valence-electron chi connectivity index (χ0n) is 19.1. The fourth-order valence-electron chi connectivity index (χ4n) is 2.88. The SMILES string of the molecule is CC(C)OCCCSCCCCCCCCCCC#C[Si](C)(C)CCC(F)(F)F. The van der Waals surface area contributed by atoms with E-state index in [0.29, 0.717) is 6.10 Å². The Hall–Kier alpha value is -0.123. The Morgan fingerprint density at radius 1 is 0.862 bits per heavy atom. The molecule has 0 atom stereocenters. The average Bonchev–Trinajstić information content (AvgIpc) is 2.62. The van der Waals surface area contributed by atoms with Crippen LogP contribution in [0.4, 0.5) is 13.2 Å². The van der Waals surface area contributed by atoms with Crippen LogP contribution in [0, 0.1) is 11.5 Å². The smallest absolute Gasteiger partial charge is 0.379 e. The second-order valence-electron chi connectivity index (χ2n) is 8.76. The van der Waals surface area contributed by atoms with Crippen molar-refractivity contribution in [1.29, 1.82) is 0 Å². The van der Waals surface area contributed by atoms with Gasteiger partial charge in [-0.25, -0.2) is 0 Å². The summed E-state index contributed by atoms with van der Waals surface area (Å²) in [5.74, 6) is 5.62. The van der Waals surface area contributed by atoms with Crippen LogP contribution >= 0.6 is 11.8 Å². The van der Waals surface area contributed by atoms with E-state index in [0.717, 1.165) is 25.9 Å². The fraction of sp³-hybridized carbons (Fsp3) is 0.913. The summed E-state index contributed by atoms with van der Waals surface area (Å²) in [6.07, 6.45) is 7.70. The van der Waals surface area contributed by atoms with E-state index in [1.165, 1.54) is 56.5 Å². The molecule has 0 spiro atoms. The highest BCUT2D eigenvalue weighted by Crippen LogP contribution is 2.25. The minimum Gasteiger partial charge on any atom is -0.379 e. The van der Waals surface area contributed by atoms with E-state index < -0.39 is 20.7 Å². The summed E-state index contributed by atoms with van der Waals surface area (Å²) >= 11 is 2.04. The number of hydrogen-bond acceptors (Lipinski definition) is 2. The lowest BCUT2D eigenvalue weighted by Crippen LogP contribution is -2.26. The lowest BCUT2D eigenvalue weighted by molar-refractivity contribution is -0.130. The van der Waals surface area contributed by atoms with Gasteiger partial charge in [0.05, 0.1) is 6.10 Å². The first-order valence-electron chi connectivity index (χ1n) is 11.4. The molecule has 0 aliphatic rings. The van der Waals surface area contributed by atoms with Crippen LogP contribution in [0.5, 0.6) is 0 Å². The van der Waals surface area contributed by atoms with E-state index in [1.54, 1.807) is 0 Å². The lowest BCUT2D eigenvalue weighted by atomic mass is 10.1. The maximum atomic E-state index is 12.3. The Balaban J connectivity index is 3.38. The lowest BCUT2D eigenvalue weighted by Gasteiger charge is -2.15. The van der Waals surface area contributed by atoms with E-state index in [1.807, 2.05) is 24.9 Å². The molecule has 6 heteroatoms. The summed E-state index contributed by atoms with van der Waals surface area (Å²) in [6, 6.07) is 0.217. The van der Waals surface area contributed by atoms with Crippen LogP contribution in [0.1, 0.15) is 84.5 Å². The number of unbranched alkanes of at least 4 members (excludes halogenated alkanes) is 8. The van der Waals surface area contributed by atoms with Gasteiger partial charge in [-0.2, -0.15) is 24.9 Å². The Kier molecular flexibility index (Phi) is 17.5. The molecular formula is C23H43F3OSSi. The Labute approximate surface area is 183 Å². The largest absolute Gasteiger partial charge is 0.388 e. The molecule has 29 heavy (non-hydrogen) atoms. The van der Waals surface area contributed by atoms with Gasteiger partial charge in [0.25, 0.3) is 0 Å². The van der Waals surface area contributed by atoms with Gasteiger partial charge in [0, 0.05) is 19.4 Å². The van der Waals surface area contributed by atoms with E-state index in [2.05, 4.69) is 25.3 Å². The van der Waals surface area contributed by atoms with Crippen LogP contribution in [0.2, 0.25) is 19.1 Å². The topological polar surface area (TPSA) is 9.23 Å². The van der Waals surface area contributed by atoms with Crippen molar-refractivity contribution in [1.82, 2.24) is 0 Å². The molecule has 0 radical (unpaired) electrons. The molecule has 172 valence electrons. The zero-order chi connectivity index (χ0) is 22.0. The molecule has 1 nitrogen and oxygen atoms in total. The second kappa shape index (κ2) is 17.5. The van der Waals surface area contributed by atoms with Crippen LogP contribution in [-0.4, -0.2) is 38.5 Å². The Morgan fingerprint density at radius 3 is 2.00 bits per heavy atom. The summed E-state index contributed by atoms with van der Waals surface area (Å²) < 4.78 is 42.5. The molecule has 0 saturated carbocycles. The van der Waals surface area contributed by atoms with Gasteiger partial charge in [0.2, 0.25) is 0 Å². The van der Waals surface area contributed by atoms with Crippen molar-refractivity contribution < 1.29 is 17.9 Å². The van der Waals surface area contributed by atoms with Crippen molar-refractivity contribution in [2.45, 2.75) is 116 Å². The van der Waals surface area contributed by atoms with Crippen molar-refractivity contribution in [3.63, 3.8) is 0 Å². The number of rotatable bonds is 17. The third-order valence-electron chi connectivity index (χ3n) is 4.68. The van der Waals surface area contributed by atoms with E-state index in [9.17, 15) is 13.2 Å². The molecule has 0 bridgehead atoms. The number of halogens is 3. The molecule has 0 N–H and O–H groups in total. The van der Waals surface area contributed by atoms with Gasteiger partial charge in [0.15, 0.2) is 0 Å². The average molecular weight is 453 g/mol. The summed E-state index contributed by atoms with van der Waals surface area (Å²) in [7, 11) is -2.01. The predicted octanol–water partition coefficient (Wildman–Crippen LogP) is 8.25. The molecule has 0 aromatic rings. The third kappa shape index (κ3) is 24.0. The van der Waals surface area contributed by atoms with Gasteiger partial charge in [-0.05, 0) is 50.7 Å². The van der Waals surface area contributed by atoms with Gasteiger partial charge in [-0.3, -0.25) is 0 Å². The fourth-order valence-corrected chi connectivity index (χ4v) is 5.45. The summed E-state index contributed by atoms with van der Waals surface area (Å²) in [6.45, 7) is 8.91. The van der Waals surface area contributed by atoms with Crippen LogP contribution in [-0.2, 0) is 4.74 Å². The van der Waals surface area contributed by atoms with Crippen LogP contribution in [0.25, 0.3) is 0 Å². The van der Waals surface area contributed by atoms with Gasteiger partial charge >= 0.3 is 6.18 Å². The predicted molar refractivity (Wildman–Crippen MR) is 125 cm³/mol. The Morgan fingerprint density at radius 2 is 1.41 bits per heavy atom. The first kappa shape index (κ1) is 28.9. The maximum Gasteiger partial charge on any atom is 0.388 e. The summed E-state index contributed by atoms with van der Waals surface area (Å²) in [5, 5.41) is 0. The highest BCUT2D eigenvalue weighted by atomic mass is 32.2. The van der Waals surface area contributed by atoms with E-state index >= 15 is 0 Å². The first-order valence-corrected chi connectivity index (χ1v) is 15.7. The van der Waals surface area contributed by atoms with Crippen LogP contribution in [0.3, 0.4) is 0 Å². The van der Waals surface area contributed by atoms with Gasteiger partial charge in [-0.1, -0.05) is 51.6 Å². The zero-order valence-corrected chi connectivity index (χ0v) is 21.0. The van der Waals surface area contributed by atoms with E-state index in [4.69, 9.17) is 4.74 Å². The third-order valence-corrected chi connectivity index (χ3v) is 8.19. The number of thioether (sulfide) groups is 1. The van der Waals surface area contributed by atoms with Crippen molar-refractivity contribution in [2.24, 2.45) is 0 Å². The van der Waals surface area contributed by atoms with Crippen LogP contribution in [0.15, 0.2) is 0 Å². The number of hydrogen-bond donors (Lipinski definition) is 0. The molecule has 0 unspecified atom stereocenters. The van der Waals surface area contributed by atoms with Crippen molar-refractivity contribution in [2.75, 3.05) is 18.1 Å². The minimum absolute atomic E-state index is 0.217. The number of ether oxygens (including phenoxy) is 1. The van der Waals surface area contributed by atoms with Crippen molar-refractivity contribution in [3.8, 4) is 11.5 Å². The van der Waals surface area contributed by atoms with Crippen LogP contribution < -0.4 is 0 Å². The summed E-state index contributed by atoms with van der Waals surface area (Å²) in [5.41, 5.74) is 3.16. The van der Waals surface area contributed by atoms with Gasteiger partial charge < -0.3 is 4.74 Å². The molecule has 0 fully saturated rings. The molecule has 0 saturated heterocycles. The molecule has 0 aromatic heterocycles. The van der Waals surface area contributed by atoms with Gasteiger partial charge in [-0.15, -0.1) is 11.5 Å². The number of alkyl halides is 3. The molecule has 0 amide bonds. The first-order chi connectivity index (χ1) is 13.6. The molecule has 0 rings (SSSR count). The normalized spacial score (nSPS) is 12.3. The second-order valence-corrected chi connectivity index (χ2v) is 14.5. The highest BCUT2D eigenvalue weighted by Gasteiger charge is 2.31. The van der Waals surface area contributed by atoms with Crippen molar-refractivity contribution >= 4 is 19.8 Å². The van der Waals surface area contributed by atoms with E-state index in [-0.39, 0.29) is 6.04 Å². The monoisotopic (exact) mass is 452 g/mol. The molecule has 0 aliphatic carbocycles. The molecule has 0 aromatic carbocycles. The quantitative estimate of drug-likeness (QED) is 0.125. The standard InChI is InChI=1S/C23H43F3OSSi/c1-22(2)27-17-15-19-28-18-13-11-9-7-5-6-8-10-12-14-20-29(3,4)21-16-23(24,25)26/h22H,5-13,15-19,21H2,1-4H3. The molecular weight excluding hydrogens is 409 g/mol. The summed E-state index contributed by atoms with van der Waals surface area (Å²) in [4.78, 5) is 0. The maximum absolute atomic E-state index is 12.3. The van der Waals surface area contributed by atoms with Gasteiger partial charge in [0.1, 0.15) is 8.07 Å². The Bertz CT molecular complexity index is 442. The minimum atomic E-state index is -4.05. The highest BCUT2D eigenvalue weighted by molar-refractivity contribution is 7.99. The van der Waals surface area contributed by atoms with Crippen molar-refractivity contribution in [3.05, 3.63) is 0 Å².